The first-order chi connectivity index (χ1) is 10.7. The average molecular weight is 313 g/mol. The lowest BCUT2D eigenvalue weighted by Gasteiger charge is -2.34. The normalized spacial score (nSPS) is 18.0. The number of hydrogen-bond acceptors (Lipinski definition) is 6. The standard InChI is InChI=1S/C16H19N5S/c1-20-4-6-21(7-5-20)16-12-9-22-10-15(12)18-13-3-2-11(17)8-14(13)19-16/h2-3,8-10,18H,4-7,17H2,1H3. The lowest BCUT2D eigenvalue weighted by Crippen LogP contribution is -2.47. The van der Waals surface area contributed by atoms with Gasteiger partial charge in [0.2, 0.25) is 0 Å². The van der Waals surface area contributed by atoms with E-state index in [1.165, 1.54) is 5.56 Å². The van der Waals surface area contributed by atoms with Crippen molar-refractivity contribution >= 4 is 39.9 Å². The molecule has 0 unspecified atom stereocenters. The van der Waals surface area contributed by atoms with Gasteiger partial charge in [0.1, 0.15) is 5.84 Å². The highest BCUT2D eigenvalue weighted by molar-refractivity contribution is 7.08. The van der Waals surface area contributed by atoms with E-state index < -0.39 is 0 Å². The van der Waals surface area contributed by atoms with Gasteiger partial charge in [-0.3, -0.25) is 0 Å². The van der Waals surface area contributed by atoms with Gasteiger partial charge in [0.25, 0.3) is 0 Å². The van der Waals surface area contributed by atoms with E-state index in [2.05, 4.69) is 32.9 Å². The second-order valence-electron chi connectivity index (χ2n) is 5.83. The summed E-state index contributed by atoms with van der Waals surface area (Å²) in [7, 11) is 2.17. The number of thiophene rings is 1. The van der Waals surface area contributed by atoms with Gasteiger partial charge in [0.05, 0.1) is 22.6 Å². The van der Waals surface area contributed by atoms with Gasteiger partial charge >= 0.3 is 0 Å². The summed E-state index contributed by atoms with van der Waals surface area (Å²) in [5.74, 6) is 1.06. The van der Waals surface area contributed by atoms with E-state index in [4.69, 9.17) is 10.7 Å². The highest BCUT2D eigenvalue weighted by Gasteiger charge is 2.24. The van der Waals surface area contributed by atoms with Crippen molar-refractivity contribution in [3.63, 3.8) is 0 Å². The van der Waals surface area contributed by atoms with Crippen molar-refractivity contribution in [3.05, 3.63) is 34.5 Å². The predicted octanol–water partition coefficient (Wildman–Crippen LogP) is 2.71. The molecule has 5 nitrogen and oxygen atoms in total. The van der Waals surface area contributed by atoms with Crippen LogP contribution in [-0.4, -0.2) is 48.9 Å². The van der Waals surface area contributed by atoms with Crippen molar-refractivity contribution in [3.8, 4) is 0 Å². The third kappa shape index (κ3) is 2.34. The molecule has 0 amide bonds. The molecule has 1 saturated heterocycles. The molecule has 1 fully saturated rings. The molecule has 2 aliphatic heterocycles. The number of nitrogens with zero attached hydrogens (tertiary/aromatic N) is 3. The third-order valence-corrected chi connectivity index (χ3v) is 4.97. The summed E-state index contributed by atoms with van der Waals surface area (Å²) in [5.41, 5.74) is 10.9. The second kappa shape index (κ2) is 5.30. The maximum absolute atomic E-state index is 5.94. The fraction of sp³-hybridized carbons (Fsp3) is 0.312. The minimum absolute atomic E-state index is 0.742. The summed E-state index contributed by atoms with van der Waals surface area (Å²) in [6.07, 6.45) is 0. The number of aliphatic imine (C=N–C) groups is 1. The summed E-state index contributed by atoms with van der Waals surface area (Å²) in [6, 6.07) is 5.85. The highest BCUT2D eigenvalue weighted by atomic mass is 32.1. The molecule has 114 valence electrons. The number of nitrogen functional groups attached to an aromatic ring is 1. The second-order valence-corrected chi connectivity index (χ2v) is 6.57. The van der Waals surface area contributed by atoms with Gasteiger partial charge in [-0.15, -0.1) is 11.3 Å². The van der Waals surface area contributed by atoms with Crippen LogP contribution in [0.25, 0.3) is 0 Å². The van der Waals surface area contributed by atoms with Crippen molar-refractivity contribution in [1.82, 2.24) is 9.80 Å². The minimum Gasteiger partial charge on any atom is -0.399 e. The minimum atomic E-state index is 0.742. The number of likely N-dealkylation sites (N-methyl/N-ethyl adjacent to an activating group) is 1. The predicted molar refractivity (Wildman–Crippen MR) is 93.7 cm³/mol. The fourth-order valence-corrected chi connectivity index (χ4v) is 3.65. The molecule has 3 heterocycles. The molecule has 0 radical (unpaired) electrons. The van der Waals surface area contributed by atoms with E-state index in [9.17, 15) is 0 Å². The molecular weight excluding hydrogens is 294 g/mol. The Morgan fingerprint density at radius 1 is 1.14 bits per heavy atom. The SMILES string of the molecule is CN1CCN(C2=Nc3cc(N)ccc3Nc3cscc32)CC1. The van der Waals surface area contributed by atoms with Crippen LogP contribution in [0.1, 0.15) is 5.56 Å². The van der Waals surface area contributed by atoms with Gasteiger partial charge in [-0.1, -0.05) is 0 Å². The third-order valence-electron chi connectivity index (χ3n) is 4.22. The number of nitrogens with one attached hydrogen (secondary N) is 1. The zero-order chi connectivity index (χ0) is 15.1. The maximum atomic E-state index is 5.94. The van der Waals surface area contributed by atoms with Crippen LogP contribution in [0.2, 0.25) is 0 Å². The number of piperazine rings is 1. The first-order valence-electron chi connectivity index (χ1n) is 7.46. The molecular formula is C16H19N5S. The quantitative estimate of drug-likeness (QED) is 0.734. The van der Waals surface area contributed by atoms with Crippen molar-refractivity contribution in [2.45, 2.75) is 0 Å². The number of amidine groups is 1. The molecule has 2 aliphatic rings. The number of anilines is 3. The Kier molecular flexibility index (Phi) is 3.28. The number of rotatable bonds is 0. The lowest BCUT2D eigenvalue weighted by atomic mass is 10.2. The van der Waals surface area contributed by atoms with Gasteiger partial charge in [-0.05, 0) is 25.2 Å². The topological polar surface area (TPSA) is 56.9 Å². The van der Waals surface area contributed by atoms with Gasteiger partial charge in [-0.25, -0.2) is 4.99 Å². The first kappa shape index (κ1) is 13.6. The molecule has 0 saturated carbocycles. The molecule has 0 bridgehead atoms. The molecule has 0 spiro atoms. The maximum Gasteiger partial charge on any atom is 0.139 e. The Morgan fingerprint density at radius 2 is 1.95 bits per heavy atom. The number of hydrogen-bond donors (Lipinski definition) is 2. The monoisotopic (exact) mass is 313 g/mol. The molecule has 1 aromatic heterocycles. The van der Waals surface area contributed by atoms with Crippen LogP contribution in [0, 0.1) is 0 Å². The molecule has 6 heteroatoms. The number of benzene rings is 1. The smallest absolute Gasteiger partial charge is 0.139 e. The van der Waals surface area contributed by atoms with Gasteiger partial charge < -0.3 is 20.9 Å². The Labute approximate surface area is 134 Å². The van der Waals surface area contributed by atoms with Gasteiger partial charge in [-0.2, -0.15) is 0 Å². The summed E-state index contributed by atoms with van der Waals surface area (Å²) in [4.78, 5) is 9.68. The van der Waals surface area contributed by atoms with E-state index in [0.29, 0.717) is 0 Å². The van der Waals surface area contributed by atoms with Gasteiger partial charge in [0, 0.05) is 42.6 Å². The van der Waals surface area contributed by atoms with Crippen LogP contribution in [0.5, 0.6) is 0 Å². The average Bonchev–Trinajstić information content (AvgIpc) is 2.91. The number of nitrogens with two attached hydrogens (primary N) is 1. The Balaban J connectivity index is 1.80. The van der Waals surface area contributed by atoms with E-state index in [1.807, 2.05) is 18.2 Å². The Morgan fingerprint density at radius 3 is 2.77 bits per heavy atom. The van der Waals surface area contributed by atoms with Crippen LogP contribution in [-0.2, 0) is 0 Å². The molecule has 0 aliphatic carbocycles. The molecule has 2 aromatic rings. The summed E-state index contributed by atoms with van der Waals surface area (Å²) >= 11 is 1.71. The molecule has 0 atom stereocenters. The van der Waals surface area contributed by atoms with Crippen molar-refractivity contribution in [2.75, 3.05) is 44.3 Å². The van der Waals surface area contributed by atoms with Crippen LogP contribution in [0.3, 0.4) is 0 Å². The molecule has 3 N–H and O–H groups in total. The van der Waals surface area contributed by atoms with Crippen molar-refractivity contribution in [2.24, 2.45) is 4.99 Å². The first-order valence-corrected chi connectivity index (χ1v) is 8.40. The van der Waals surface area contributed by atoms with Crippen LogP contribution in [0.4, 0.5) is 22.7 Å². The van der Waals surface area contributed by atoms with Crippen molar-refractivity contribution < 1.29 is 0 Å². The van der Waals surface area contributed by atoms with Crippen LogP contribution < -0.4 is 11.1 Å². The fourth-order valence-electron chi connectivity index (χ4n) is 2.89. The van der Waals surface area contributed by atoms with E-state index in [-0.39, 0.29) is 0 Å². The summed E-state index contributed by atoms with van der Waals surface area (Å²) in [6.45, 7) is 4.13. The Hall–Kier alpha value is -2.05. The van der Waals surface area contributed by atoms with E-state index >= 15 is 0 Å². The molecule has 22 heavy (non-hydrogen) atoms. The molecule has 4 rings (SSSR count). The summed E-state index contributed by atoms with van der Waals surface area (Å²) < 4.78 is 0. The zero-order valence-corrected chi connectivity index (χ0v) is 13.4. The lowest BCUT2D eigenvalue weighted by molar-refractivity contribution is 0.216. The van der Waals surface area contributed by atoms with Gasteiger partial charge in [0.15, 0.2) is 0 Å². The van der Waals surface area contributed by atoms with Crippen molar-refractivity contribution in [1.29, 1.82) is 0 Å². The Bertz CT molecular complexity index is 728. The number of fused-ring (bicyclic) bond motifs is 2. The molecule has 1 aromatic carbocycles. The summed E-state index contributed by atoms with van der Waals surface area (Å²) in [5, 5.41) is 7.81. The van der Waals surface area contributed by atoms with Crippen LogP contribution in [0.15, 0.2) is 34.0 Å². The highest BCUT2D eigenvalue weighted by Crippen LogP contribution is 2.37. The van der Waals surface area contributed by atoms with E-state index in [0.717, 1.165) is 54.8 Å². The van der Waals surface area contributed by atoms with E-state index in [1.54, 1.807) is 11.3 Å². The van der Waals surface area contributed by atoms with Crippen LogP contribution >= 0.6 is 11.3 Å². The zero-order valence-electron chi connectivity index (χ0n) is 12.5. The largest absolute Gasteiger partial charge is 0.399 e.